The van der Waals surface area contributed by atoms with E-state index in [4.69, 9.17) is 0 Å². The van der Waals surface area contributed by atoms with Crippen molar-refractivity contribution >= 4 is 11.7 Å². The van der Waals surface area contributed by atoms with Crippen molar-refractivity contribution in [3.8, 4) is 0 Å². The summed E-state index contributed by atoms with van der Waals surface area (Å²) in [6.07, 6.45) is 0.628. The summed E-state index contributed by atoms with van der Waals surface area (Å²) in [5.41, 5.74) is 1.35. The number of allylic oxidation sites excluding steroid dienone is 1. The van der Waals surface area contributed by atoms with E-state index in [-0.39, 0.29) is 23.0 Å². The fraction of sp³-hybridized carbons (Fsp3) is 0.412. The zero-order valence-electron chi connectivity index (χ0n) is 11.8. The molecule has 2 saturated carbocycles. The summed E-state index contributed by atoms with van der Waals surface area (Å²) in [5, 5.41) is 2.81. The van der Waals surface area contributed by atoms with Crippen LogP contribution in [0, 0.1) is 23.2 Å². The van der Waals surface area contributed by atoms with Gasteiger partial charge in [0, 0.05) is 17.7 Å². The van der Waals surface area contributed by atoms with Crippen molar-refractivity contribution in [2.24, 2.45) is 23.2 Å². The number of hydrogen-bond donors (Lipinski definition) is 1. The number of carbonyl (C=O) groups excluding carboxylic acids is 2. The number of amides is 1. The van der Waals surface area contributed by atoms with Gasteiger partial charge in [-0.15, -0.1) is 0 Å². The molecule has 0 heterocycles. The second kappa shape index (κ2) is 4.30. The molecular weight excluding hydrogens is 250 g/mol. The number of Topliss-reactive ketones (excluding diaryl/α,β-unsaturated/α-hetero) is 1. The van der Waals surface area contributed by atoms with Crippen molar-refractivity contribution in [3.05, 3.63) is 48.2 Å². The maximum Gasteiger partial charge on any atom is 0.255 e. The van der Waals surface area contributed by atoms with Crippen molar-refractivity contribution in [3.63, 3.8) is 0 Å². The molecule has 3 atom stereocenters. The Morgan fingerprint density at radius 2 is 1.95 bits per heavy atom. The highest BCUT2D eigenvalue weighted by atomic mass is 16.2. The lowest BCUT2D eigenvalue weighted by Crippen LogP contribution is -2.31. The van der Waals surface area contributed by atoms with E-state index in [0.717, 1.165) is 0 Å². The summed E-state index contributed by atoms with van der Waals surface area (Å²) < 4.78 is 0. The predicted octanol–water partition coefficient (Wildman–Crippen LogP) is 2.79. The van der Waals surface area contributed by atoms with Gasteiger partial charge >= 0.3 is 0 Å². The van der Waals surface area contributed by atoms with E-state index < -0.39 is 0 Å². The third-order valence-corrected chi connectivity index (χ3v) is 4.95. The van der Waals surface area contributed by atoms with E-state index in [1.165, 1.54) is 0 Å². The molecule has 0 radical (unpaired) electrons. The Morgan fingerprint density at radius 3 is 2.55 bits per heavy atom. The maximum atomic E-state index is 12.1. The van der Waals surface area contributed by atoms with Gasteiger partial charge in [-0.25, -0.2) is 0 Å². The molecule has 20 heavy (non-hydrogen) atoms. The van der Waals surface area contributed by atoms with E-state index >= 15 is 0 Å². The molecular formula is C17H19NO2. The third-order valence-electron chi connectivity index (χ3n) is 4.95. The molecule has 2 fully saturated rings. The minimum absolute atomic E-state index is 0.190. The van der Waals surface area contributed by atoms with E-state index in [1.807, 2.05) is 18.2 Å². The second-order valence-electron chi connectivity index (χ2n) is 6.45. The van der Waals surface area contributed by atoms with Crippen LogP contribution in [0.4, 0.5) is 0 Å². The molecule has 0 bridgehead atoms. The van der Waals surface area contributed by atoms with Gasteiger partial charge in [0.1, 0.15) is 5.78 Å². The average Bonchev–Trinajstić information content (AvgIpc) is 2.78. The zero-order chi connectivity index (χ0) is 14.5. The van der Waals surface area contributed by atoms with Gasteiger partial charge in [0.25, 0.3) is 5.91 Å². The van der Waals surface area contributed by atoms with Gasteiger partial charge in [0.05, 0.1) is 5.92 Å². The quantitative estimate of drug-likeness (QED) is 0.917. The van der Waals surface area contributed by atoms with Crippen LogP contribution in [0.25, 0.3) is 0 Å². The molecule has 0 spiro atoms. The summed E-state index contributed by atoms with van der Waals surface area (Å²) >= 11 is 0. The van der Waals surface area contributed by atoms with Crippen LogP contribution >= 0.6 is 0 Å². The van der Waals surface area contributed by atoms with Crippen LogP contribution in [-0.4, -0.2) is 11.7 Å². The molecule has 0 aromatic heterocycles. The first-order valence-electron chi connectivity index (χ1n) is 7.01. The van der Waals surface area contributed by atoms with Crippen LogP contribution in [0.3, 0.4) is 0 Å². The van der Waals surface area contributed by atoms with Crippen LogP contribution in [0.1, 0.15) is 30.6 Å². The molecule has 0 unspecified atom stereocenters. The Bertz CT molecular complexity index is 588. The average molecular weight is 269 g/mol. The van der Waals surface area contributed by atoms with Crippen LogP contribution in [-0.2, 0) is 4.79 Å². The van der Waals surface area contributed by atoms with E-state index in [9.17, 15) is 9.59 Å². The fourth-order valence-corrected chi connectivity index (χ4v) is 3.68. The Balaban J connectivity index is 1.71. The molecule has 104 valence electrons. The molecule has 3 nitrogen and oxygen atoms in total. The molecule has 1 aromatic carbocycles. The Hall–Kier alpha value is -1.90. The number of benzene rings is 1. The van der Waals surface area contributed by atoms with Crippen LogP contribution < -0.4 is 5.32 Å². The summed E-state index contributed by atoms with van der Waals surface area (Å²) in [6, 6.07) is 9.01. The molecule has 1 N–H and O–H groups in total. The summed E-state index contributed by atoms with van der Waals surface area (Å²) in [6.45, 7) is 8.32. The first kappa shape index (κ1) is 13.1. The van der Waals surface area contributed by atoms with E-state index in [2.05, 4.69) is 25.7 Å². The first-order chi connectivity index (χ1) is 9.43. The Kier molecular flexibility index (Phi) is 2.82. The minimum Gasteiger partial charge on any atom is -0.326 e. The summed E-state index contributed by atoms with van der Waals surface area (Å²) in [7, 11) is 0. The second-order valence-corrected chi connectivity index (χ2v) is 6.45. The molecule has 1 aromatic rings. The van der Waals surface area contributed by atoms with Crippen molar-refractivity contribution < 1.29 is 9.59 Å². The third kappa shape index (κ3) is 1.89. The van der Waals surface area contributed by atoms with Crippen molar-refractivity contribution in [1.29, 1.82) is 0 Å². The monoisotopic (exact) mass is 269 g/mol. The summed E-state index contributed by atoms with van der Waals surface area (Å²) in [5.74, 6) is 0.634. The number of rotatable bonds is 3. The summed E-state index contributed by atoms with van der Waals surface area (Å²) in [4.78, 5) is 24.2. The Morgan fingerprint density at radius 1 is 1.30 bits per heavy atom. The molecule has 3 rings (SSSR count). The minimum atomic E-state index is -0.206. The SMILES string of the molecule is C=C(NC(=O)c1ccccc1)[C@@H]1C(=O)C[C@@H]2[C@H]1C2(C)C. The highest BCUT2D eigenvalue weighted by molar-refractivity contribution is 5.97. The van der Waals surface area contributed by atoms with Gasteiger partial charge in [-0.3, -0.25) is 9.59 Å². The number of hydrogen-bond acceptors (Lipinski definition) is 2. The highest BCUT2D eigenvalue weighted by Gasteiger charge is 2.67. The number of fused-ring (bicyclic) bond motifs is 1. The highest BCUT2D eigenvalue weighted by Crippen LogP contribution is 2.68. The topological polar surface area (TPSA) is 46.2 Å². The molecule has 0 saturated heterocycles. The molecule has 2 aliphatic carbocycles. The van der Waals surface area contributed by atoms with Crippen molar-refractivity contribution in [1.82, 2.24) is 5.32 Å². The van der Waals surface area contributed by atoms with E-state index in [1.54, 1.807) is 12.1 Å². The number of ketones is 1. The predicted molar refractivity (Wildman–Crippen MR) is 76.9 cm³/mol. The smallest absolute Gasteiger partial charge is 0.255 e. The maximum absolute atomic E-state index is 12.1. The van der Waals surface area contributed by atoms with Crippen LogP contribution in [0.5, 0.6) is 0 Å². The molecule has 2 aliphatic rings. The first-order valence-corrected chi connectivity index (χ1v) is 7.01. The van der Waals surface area contributed by atoms with Gasteiger partial charge in [-0.2, -0.15) is 0 Å². The Labute approximate surface area is 119 Å². The van der Waals surface area contributed by atoms with Crippen molar-refractivity contribution in [2.75, 3.05) is 0 Å². The van der Waals surface area contributed by atoms with Crippen LogP contribution in [0.15, 0.2) is 42.6 Å². The lowest BCUT2D eigenvalue weighted by Gasteiger charge is -2.19. The van der Waals surface area contributed by atoms with Gasteiger partial charge in [-0.05, 0) is 29.4 Å². The molecule has 0 aliphatic heterocycles. The van der Waals surface area contributed by atoms with Crippen LogP contribution in [0.2, 0.25) is 0 Å². The van der Waals surface area contributed by atoms with Crippen molar-refractivity contribution in [2.45, 2.75) is 20.3 Å². The standard InChI is InChI=1S/C17H19NO2/c1-10(18-16(20)11-7-5-4-6-8-11)14-13(19)9-12-15(14)17(12,2)3/h4-8,12,14-15H,1,9H2,2-3H3,(H,18,20)/t12-,14-,15-/m1/s1. The lowest BCUT2D eigenvalue weighted by molar-refractivity contribution is -0.121. The molecule has 3 heteroatoms. The fourth-order valence-electron chi connectivity index (χ4n) is 3.68. The van der Waals surface area contributed by atoms with Gasteiger partial charge in [0.15, 0.2) is 0 Å². The van der Waals surface area contributed by atoms with Gasteiger partial charge < -0.3 is 5.32 Å². The van der Waals surface area contributed by atoms with Gasteiger partial charge in [0.2, 0.25) is 0 Å². The number of nitrogens with one attached hydrogen (secondary N) is 1. The molecule has 1 amide bonds. The zero-order valence-corrected chi connectivity index (χ0v) is 11.8. The van der Waals surface area contributed by atoms with Gasteiger partial charge in [-0.1, -0.05) is 38.6 Å². The number of carbonyl (C=O) groups is 2. The van der Waals surface area contributed by atoms with E-state index in [0.29, 0.717) is 29.5 Å². The lowest BCUT2D eigenvalue weighted by atomic mass is 9.89. The largest absolute Gasteiger partial charge is 0.326 e. The normalized spacial score (nSPS) is 29.7.